The van der Waals surface area contributed by atoms with Crippen molar-refractivity contribution >= 4 is 23.4 Å². The number of benzene rings is 2. The first kappa shape index (κ1) is 18.5. The van der Waals surface area contributed by atoms with Gasteiger partial charge in [0.15, 0.2) is 0 Å². The highest BCUT2D eigenvalue weighted by Gasteiger charge is 2.20. The van der Waals surface area contributed by atoms with Crippen LogP contribution in [0, 0.1) is 17.0 Å². The molecular formula is C17H15N5O4S. The maximum Gasteiger partial charge on any atom is 0.339 e. The number of esters is 1. The van der Waals surface area contributed by atoms with Gasteiger partial charge in [0, 0.05) is 24.1 Å². The average molecular weight is 385 g/mol. The third-order valence-electron chi connectivity index (χ3n) is 3.80. The fourth-order valence-corrected chi connectivity index (χ4v) is 3.11. The monoisotopic (exact) mass is 385 g/mol. The summed E-state index contributed by atoms with van der Waals surface area (Å²) in [6, 6.07) is 11.5. The van der Waals surface area contributed by atoms with Crippen LogP contribution in [-0.4, -0.2) is 31.1 Å². The van der Waals surface area contributed by atoms with Crippen LogP contribution in [0.15, 0.2) is 52.5 Å². The minimum Gasteiger partial charge on any atom is -0.457 e. The van der Waals surface area contributed by atoms with E-state index in [1.807, 2.05) is 31.2 Å². The molecule has 0 spiro atoms. The molecule has 0 saturated carbocycles. The lowest BCUT2D eigenvalue weighted by atomic mass is 10.1. The van der Waals surface area contributed by atoms with Crippen molar-refractivity contribution in [2.45, 2.75) is 23.6 Å². The molecule has 0 aliphatic rings. The first-order valence-corrected chi connectivity index (χ1v) is 8.67. The molecule has 0 atom stereocenters. The second kappa shape index (κ2) is 7.96. The highest BCUT2D eigenvalue weighted by Crippen LogP contribution is 2.31. The zero-order valence-corrected chi connectivity index (χ0v) is 15.3. The topological polar surface area (TPSA) is 113 Å². The Bertz CT molecular complexity index is 1000. The van der Waals surface area contributed by atoms with Crippen LogP contribution in [0.2, 0.25) is 0 Å². The minimum absolute atomic E-state index is 0.0732. The van der Waals surface area contributed by atoms with Crippen LogP contribution in [0.3, 0.4) is 0 Å². The number of tetrazole rings is 1. The summed E-state index contributed by atoms with van der Waals surface area (Å²) in [5, 5.41) is 22.7. The zero-order chi connectivity index (χ0) is 19.4. The van der Waals surface area contributed by atoms with Crippen molar-refractivity contribution in [1.82, 2.24) is 20.2 Å². The van der Waals surface area contributed by atoms with Crippen LogP contribution in [0.5, 0.6) is 0 Å². The molecular weight excluding hydrogens is 370 g/mol. The van der Waals surface area contributed by atoms with Crippen LogP contribution >= 0.6 is 11.8 Å². The first-order chi connectivity index (χ1) is 13.0. The molecule has 0 aliphatic heterocycles. The molecule has 9 nitrogen and oxygen atoms in total. The Labute approximate surface area is 158 Å². The Morgan fingerprint density at radius 1 is 1.30 bits per heavy atom. The number of aromatic nitrogens is 4. The van der Waals surface area contributed by atoms with Crippen molar-refractivity contribution in [2.75, 3.05) is 0 Å². The summed E-state index contributed by atoms with van der Waals surface area (Å²) in [6.45, 7) is 1.99. The van der Waals surface area contributed by atoms with Gasteiger partial charge < -0.3 is 4.74 Å². The van der Waals surface area contributed by atoms with Crippen LogP contribution in [0.4, 0.5) is 5.69 Å². The Morgan fingerprint density at radius 2 is 2.07 bits per heavy atom. The lowest BCUT2D eigenvalue weighted by Crippen LogP contribution is -2.08. The number of carbonyl (C=O) groups is 1. The molecule has 0 aliphatic carbocycles. The van der Waals surface area contributed by atoms with E-state index in [9.17, 15) is 14.9 Å². The summed E-state index contributed by atoms with van der Waals surface area (Å²) in [4.78, 5) is 23.6. The maximum absolute atomic E-state index is 12.6. The first-order valence-electron chi connectivity index (χ1n) is 7.86. The number of nitro benzene ring substituents is 1. The highest BCUT2D eigenvalue weighted by molar-refractivity contribution is 7.99. The van der Waals surface area contributed by atoms with Crippen LogP contribution in [0.25, 0.3) is 0 Å². The largest absolute Gasteiger partial charge is 0.457 e. The van der Waals surface area contributed by atoms with E-state index < -0.39 is 10.9 Å². The second-order valence-electron chi connectivity index (χ2n) is 5.63. The number of ether oxygens (including phenoxy) is 1. The Morgan fingerprint density at radius 3 is 2.74 bits per heavy atom. The maximum atomic E-state index is 12.6. The van der Waals surface area contributed by atoms with E-state index in [4.69, 9.17) is 4.74 Å². The molecule has 138 valence electrons. The quantitative estimate of drug-likeness (QED) is 0.361. The second-order valence-corrected chi connectivity index (χ2v) is 6.64. The van der Waals surface area contributed by atoms with Gasteiger partial charge in [-0.2, -0.15) is 0 Å². The Kier molecular flexibility index (Phi) is 5.46. The van der Waals surface area contributed by atoms with E-state index in [1.54, 1.807) is 7.05 Å². The van der Waals surface area contributed by atoms with Gasteiger partial charge >= 0.3 is 5.97 Å². The summed E-state index contributed by atoms with van der Waals surface area (Å²) in [5.74, 6) is -0.653. The molecule has 27 heavy (non-hydrogen) atoms. The van der Waals surface area contributed by atoms with Crippen molar-refractivity contribution in [1.29, 1.82) is 0 Å². The summed E-state index contributed by atoms with van der Waals surface area (Å²) in [7, 11) is 1.66. The molecule has 0 N–H and O–H groups in total. The number of nitro groups is 1. The average Bonchev–Trinajstić information content (AvgIpc) is 3.05. The van der Waals surface area contributed by atoms with E-state index in [2.05, 4.69) is 15.5 Å². The van der Waals surface area contributed by atoms with Crippen molar-refractivity contribution in [3.05, 3.63) is 69.3 Å². The van der Waals surface area contributed by atoms with Crippen LogP contribution in [-0.2, 0) is 18.4 Å². The van der Waals surface area contributed by atoms with E-state index in [0.717, 1.165) is 22.9 Å². The Hall–Kier alpha value is -3.27. The van der Waals surface area contributed by atoms with E-state index in [1.165, 1.54) is 22.9 Å². The number of hydrogen-bond donors (Lipinski definition) is 0. The summed E-state index contributed by atoms with van der Waals surface area (Å²) in [5.41, 5.74) is 1.75. The molecule has 0 bridgehead atoms. The summed E-state index contributed by atoms with van der Waals surface area (Å²) in [6.07, 6.45) is 0. The molecule has 0 fully saturated rings. The molecule has 2 aromatic carbocycles. The van der Waals surface area contributed by atoms with Crippen molar-refractivity contribution in [3.8, 4) is 0 Å². The lowest BCUT2D eigenvalue weighted by molar-refractivity contribution is -0.384. The van der Waals surface area contributed by atoms with E-state index in [0.29, 0.717) is 10.1 Å². The van der Waals surface area contributed by atoms with Gasteiger partial charge in [-0.3, -0.25) is 10.1 Å². The highest BCUT2D eigenvalue weighted by atomic mass is 32.2. The van der Waals surface area contributed by atoms with Crippen molar-refractivity contribution in [3.63, 3.8) is 0 Å². The van der Waals surface area contributed by atoms with Crippen molar-refractivity contribution < 1.29 is 14.5 Å². The number of non-ortho nitro benzene ring substituents is 1. The normalized spacial score (nSPS) is 10.6. The smallest absolute Gasteiger partial charge is 0.339 e. The van der Waals surface area contributed by atoms with Crippen LogP contribution in [0.1, 0.15) is 21.5 Å². The molecule has 3 aromatic rings. The predicted octanol–water partition coefficient (Wildman–Crippen LogP) is 2.93. The number of nitrogens with zero attached hydrogens (tertiary/aromatic N) is 5. The van der Waals surface area contributed by atoms with Gasteiger partial charge in [-0.05, 0) is 46.3 Å². The summed E-state index contributed by atoms with van der Waals surface area (Å²) < 4.78 is 6.83. The SMILES string of the molecule is Cc1ccccc1COC(=O)c1cc([N+](=O)[O-])ccc1Sc1nnnn1C. The van der Waals surface area contributed by atoms with Gasteiger partial charge in [0.25, 0.3) is 5.69 Å². The third-order valence-corrected chi connectivity index (χ3v) is 4.90. The van der Waals surface area contributed by atoms with Gasteiger partial charge in [-0.25, -0.2) is 9.48 Å². The fourth-order valence-electron chi connectivity index (χ4n) is 2.28. The molecule has 0 unspecified atom stereocenters. The van der Waals surface area contributed by atoms with Gasteiger partial charge in [-0.1, -0.05) is 24.3 Å². The molecule has 3 rings (SSSR count). The Balaban J connectivity index is 1.87. The van der Waals surface area contributed by atoms with E-state index in [-0.39, 0.29) is 17.9 Å². The van der Waals surface area contributed by atoms with Gasteiger partial charge in [0.05, 0.1) is 10.5 Å². The number of rotatable bonds is 6. The van der Waals surface area contributed by atoms with Crippen molar-refractivity contribution in [2.24, 2.45) is 7.05 Å². The molecule has 0 saturated heterocycles. The number of hydrogen-bond acceptors (Lipinski definition) is 8. The van der Waals surface area contributed by atoms with E-state index >= 15 is 0 Å². The zero-order valence-electron chi connectivity index (χ0n) is 14.5. The lowest BCUT2D eigenvalue weighted by Gasteiger charge is -2.10. The molecule has 10 heteroatoms. The molecule has 1 aromatic heterocycles. The standard InChI is InChI=1S/C17H15N5O4S/c1-11-5-3-4-6-12(11)10-26-16(23)14-9-13(22(24)25)7-8-15(14)27-17-18-19-20-21(17)2/h3-9H,10H2,1-2H3. The molecule has 0 radical (unpaired) electrons. The molecule has 0 amide bonds. The third kappa shape index (κ3) is 4.29. The molecule has 1 heterocycles. The van der Waals surface area contributed by atoms with Gasteiger partial charge in [0.2, 0.25) is 5.16 Å². The van der Waals surface area contributed by atoms with Gasteiger partial charge in [-0.15, -0.1) is 5.10 Å². The predicted molar refractivity (Wildman–Crippen MR) is 96.3 cm³/mol. The number of carbonyl (C=O) groups excluding carboxylic acids is 1. The summed E-state index contributed by atoms with van der Waals surface area (Å²) >= 11 is 1.12. The fraction of sp³-hybridized carbons (Fsp3) is 0.176. The number of aryl methyl sites for hydroxylation is 2. The van der Waals surface area contributed by atoms with Crippen LogP contribution < -0.4 is 0 Å². The van der Waals surface area contributed by atoms with Gasteiger partial charge in [0.1, 0.15) is 6.61 Å². The minimum atomic E-state index is -0.653.